The molecule has 2 heterocycles. The Balaban J connectivity index is 1.05. The molecule has 0 spiro atoms. The fraction of sp³-hybridized carbons (Fsp3) is 0.0625. The lowest BCUT2D eigenvalue weighted by Crippen LogP contribution is -2.14. The Hall–Kier alpha value is -6.25. The highest BCUT2D eigenvalue weighted by Crippen LogP contribution is 2.49. The van der Waals surface area contributed by atoms with E-state index in [9.17, 15) is 0 Å². The minimum atomic E-state index is -0.0112. The van der Waals surface area contributed by atoms with Crippen LogP contribution in [0.2, 0.25) is 0 Å². The van der Waals surface area contributed by atoms with Crippen LogP contribution in [-0.4, -0.2) is 9.38 Å². The first-order chi connectivity index (χ1) is 24.5. The van der Waals surface area contributed by atoms with Crippen molar-refractivity contribution < 1.29 is 0 Å². The van der Waals surface area contributed by atoms with Crippen molar-refractivity contribution in [1.29, 1.82) is 0 Å². The van der Waals surface area contributed by atoms with Gasteiger partial charge < -0.3 is 0 Å². The van der Waals surface area contributed by atoms with E-state index in [0.717, 1.165) is 16.7 Å². The number of benzene rings is 8. The highest BCUT2D eigenvalue weighted by molar-refractivity contribution is 6.18. The van der Waals surface area contributed by atoms with Crippen LogP contribution in [-0.2, 0) is 5.41 Å². The largest absolute Gasteiger partial charge is 0.292 e. The maximum absolute atomic E-state index is 5.14. The molecule has 1 aliphatic rings. The highest BCUT2D eigenvalue weighted by atomic mass is 15.0. The van der Waals surface area contributed by atoms with Gasteiger partial charge in [0.2, 0.25) is 0 Å². The van der Waals surface area contributed by atoms with Crippen molar-refractivity contribution >= 4 is 59.9 Å². The maximum Gasteiger partial charge on any atom is 0.146 e. The molecule has 2 aromatic heterocycles. The van der Waals surface area contributed by atoms with Crippen LogP contribution < -0.4 is 0 Å². The van der Waals surface area contributed by atoms with Crippen LogP contribution in [0.4, 0.5) is 0 Å². The molecule has 0 saturated carbocycles. The van der Waals surface area contributed by atoms with Gasteiger partial charge in [0.05, 0.1) is 16.6 Å². The van der Waals surface area contributed by atoms with E-state index in [1.165, 1.54) is 87.7 Å². The molecule has 2 nitrogen and oxygen atoms in total. The molecule has 0 fully saturated rings. The average Bonchev–Trinajstić information content (AvgIpc) is 3.66. The molecule has 0 amide bonds. The molecule has 10 aromatic rings. The lowest BCUT2D eigenvalue weighted by Gasteiger charge is -2.22. The van der Waals surface area contributed by atoms with Gasteiger partial charge in [0.1, 0.15) is 5.65 Å². The average molecular weight is 637 g/mol. The van der Waals surface area contributed by atoms with Crippen LogP contribution >= 0.6 is 0 Å². The molecule has 8 aromatic carbocycles. The maximum atomic E-state index is 5.14. The van der Waals surface area contributed by atoms with Crippen molar-refractivity contribution in [3.8, 4) is 33.4 Å². The molecule has 50 heavy (non-hydrogen) atoms. The van der Waals surface area contributed by atoms with Crippen LogP contribution in [0.1, 0.15) is 25.0 Å². The molecule has 0 saturated heterocycles. The lowest BCUT2D eigenvalue weighted by molar-refractivity contribution is 0.660. The second-order valence-electron chi connectivity index (χ2n) is 14.4. The summed E-state index contributed by atoms with van der Waals surface area (Å²) >= 11 is 0. The number of hydrogen-bond donors (Lipinski definition) is 0. The van der Waals surface area contributed by atoms with E-state index >= 15 is 0 Å². The zero-order valence-electron chi connectivity index (χ0n) is 27.9. The van der Waals surface area contributed by atoms with E-state index in [4.69, 9.17) is 4.98 Å². The summed E-state index contributed by atoms with van der Waals surface area (Å²) in [6.45, 7) is 4.70. The number of rotatable bonds is 2. The van der Waals surface area contributed by atoms with Gasteiger partial charge in [-0.3, -0.25) is 4.40 Å². The predicted molar refractivity (Wildman–Crippen MR) is 211 cm³/mol. The Morgan fingerprint density at radius 2 is 1.00 bits per heavy atom. The summed E-state index contributed by atoms with van der Waals surface area (Å²) in [5.41, 5.74) is 14.8. The summed E-state index contributed by atoms with van der Waals surface area (Å²) in [5, 5.41) is 8.60. The monoisotopic (exact) mass is 636 g/mol. The SMILES string of the molecule is CC1(C)c2ccccc2-c2ccc(-c3ccc4cc(-c5ccc6c(c5)c5cc7ccccc7cc5c5nc7ccccc7n65)ccc4c3)cc21. The Kier molecular flexibility index (Phi) is 5.48. The van der Waals surface area contributed by atoms with Crippen LogP contribution in [0.5, 0.6) is 0 Å². The van der Waals surface area contributed by atoms with Crippen molar-refractivity contribution in [1.82, 2.24) is 9.38 Å². The van der Waals surface area contributed by atoms with Crippen molar-refractivity contribution in [3.05, 3.63) is 169 Å². The van der Waals surface area contributed by atoms with E-state index in [-0.39, 0.29) is 5.41 Å². The van der Waals surface area contributed by atoms with Crippen LogP contribution in [0.15, 0.2) is 158 Å². The topological polar surface area (TPSA) is 17.3 Å². The van der Waals surface area contributed by atoms with E-state index in [2.05, 4.69) is 176 Å². The molecule has 0 bridgehead atoms. The minimum Gasteiger partial charge on any atom is -0.292 e. The van der Waals surface area contributed by atoms with E-state index in [1.807, 2.05) is 0 Å². The predicted octanol–water partition coefficient (Wildman–Crippen LogP) is 12.7. The molecule has 0 N–H and O–H groups in total. The summed E-state index contributed by atoms with van der Waals surface area (Å²) in [7, 11) is 0. The summed E-state index contributed by atoms with van der Waals surface area (Å²) in [6, 6.07) is 58.3. The second-order valence-corrected chi connectivity index (χ2v) is 14.4. The van der Waals surface area contributed by atoms with Crippen molar-refractivity contribution in [2.24, 2.45) is 0 Å². The third-order valence-electron chi connectivity index (χ3n) is 11.3. The number of hydrogen-bond acceptors (Lipinski definition) is 1. The van der Waals surface area contributed by atoms with Crippen LogP contribution in [0, 0.1) is 0 Å². The van der Waals surface area contributed by atoms with E-state index in [1.54, 1.807) is 0 Å². The number of aromatic nitrogens is 2. The zero-order valence-corrected chi connectivity index (χ0v) is 27.9. The molecule has 0 unspecified atom stereocenters. The lowest BCUT2D eigenvalue weighted by atomic mass is 9.81. The number of para-hydroxylation sites is 2. The van der Waals surface area contributed by atoms with Gasteiger partial charge in [-0.25, -0.2) is 4.98 Å². The summed E-state index contributed by atoms with van der Waals surface area (Å²) in [5.74, 6) is 0. The molecule has 11 rings (SSSR count). The van der Waals surface area contributed by atoms with E-state index < -0.39 is 0 Å². The van der Waals surface area contributed by atoms with Gasteiger partial charge in [-0.2, -0.15) is 0 Å². The first-order valence-electron chi connectivity index (χ1n) is 17.5. The molecular weight excluding hydrogens is 605 g/mol. The number of imidazole rings is 1. The highest BCUT2D eigenvalue weighted by Gasteiger charge is 2.35. The fourth-order valence-corrected chi connectivity index (χ4v) is 8.71. The van der Waals surface area contributed by atoms with E-state index in [0.29, 0.717) is 0 Å². The van der Waals surface area contributed by atoms with Gasteiger partial charge in [0.25, 0.3) is 0 Å². The smallest absolute Gasteiger partial charge is 0.146 e. The van der Waals surface area contributed by atoms with Gasteiger partial charge in [-0.05, 0) is 126 Å². The number of fused-ring (bicyclic) bond motifs is 13. The summed E-state index contributed by atoms with van der Waals surface area (Å²) in [4.78, 5) is 5.14. The Bertz CT molecular complexity index is 3070. The van der Waals surface area contributed by atoms with Crippen molar-refractivity contribution in [2.75, 3.05) is 0 Å². The zero-order chi connectivity index (χ0) is 33.1. The van der Waals surface area contributed by atoms with Gasteiger partial charge in [-0.15, -0.1) is 0 Å². The molecule has 2 heteroatoms. The van der Waals surface area contributed by atoms with Crippen LogP contribution in [0.25, 0.3) is 93.3 Å². The Labute approximate surface area is 289 Å². The summed E-state index contributed by atoms with van der Waals surface area (Å²) in [6.07, 6.45) is 0. The molecule has 0 aliphatic heterocycles. The van der Waals surface area contributed by atoms with Gasteiger partial charge in [0.15, 0.2) is 0 Å². The van der Waals surface area contributed by atoms with Gasteiger partial charge >= 0.3 is 0 Å². The van der Waals surface area contributed by atoms with Crippen molar-refractivity contribution in [3.63, 3.8) is 0 Å². The first kappa shape index (κ1) is 27.7. The molecular formula is C48H32N2. The third-order valence-corrected chi connectivity index (χ3v) is 11.3. The molecule has 234 valence electrons. The normalized spacial score (nSPS) is 13.6. The third kappa shape index (κ3) is 3.82. The number of pyridine rings is 1. The standard InChI is InChI=1S/C48H32N2/c1-48(2)42-12-6-5-11-37(42)38-21-19-36(28-43(38)48)34-18-16-31-23-33(17-15-32(31)24-34)35-20-22-45-40(26-35)39-25-29-9-3-4-10-30(29)27-41(39)47-49-44-13-7-8-14-46(44)50(45)47/h3-28H,1-2H3. The quantitative estimate of drug-likeness (QED) is 0.136. The number of nitrogens with zero attached hydrogens (tertiary/aromatic N) is 2. The molecule has 0 atom stereocenters. The molecule has 1 aliphatic carbocycles. The summed E-state index contributed by atoms with van der Waals surface area (Å²) < 4.78 is 2.34. The molecule has 0 radical (unpaired) electrons. The van der Waals surface area contributed by atoms with Crippen LogP contribution in [0.3, 0.4) is 0 Å². The van der Waals surface area contributed by atoms with Crippen molar-refractivity contribution in [2.45, 2.75) is 19.3 Å². The minimum absolute atomic E-state index is 0.0112. The fourth-order valence-electron chi connectivity index (χ4n) is 8.71. The van der Waals surface area contributed by atoms with Gasteiger partial charge in [0, 0.05) is 16.2 Å². The van der Waals surface area contributed by atoms with Gasteiger partial charge in [-0.1, -0.05) is 117 Å². The Morgan fingerprint density at radius 1 is 0.420 bits per heavy atom. The Morgan fingerprint density at radius 3 is 1.80 bits per heavy atom. The first-order valence-corrected chi connectivity index (χ1v) is 17.5. The second kappa shape index (κ2) is 9.90.